The van der Waals surface area contributed by atoms with Gasteiger partial charge in [-0.25, -0.2) is 0 Å². The predicted octanol–water partition coefficient (Wildman–Crippen LogP) is 2.61. The average molecular weight is 252 g/mol. The minimum atomic E-state index is 0.676. The fraction of sp³-hybridized carbons (Fsp3) is 0.538. The number of nitrogens with zero attached hydrogens (tertiary/aromatic N) is 1. The Morgan fingerprint density at radius 3 is 3.00 bits per heavy atom. The smallest absolute Gasteiger partial charge is 0.123 e. The van der Waals surface area contributed by atoms with Gasteiger partial charge in [-0.15, -0.1) is 0 Å². The summed E-state index contributed by atoms with van der Waals surface area (Å²) in [6.07, 6.45) is 0. The third-order valence-corrected chi connectivity index (χ3v) is 3.97. The van der Waals surface area contributed by atoms with E-state index in [2.05, 4.69) is 17.9 Å². The summed E-state index contributed by atoms with van der Waals surface area (Å²) < 4.78 is 5.53. The second-order valence-corrected chi connectivity index (χ2v) is 5.87. The zero-order chi connectivity index (χ0) is 12.3. The highest BCUT2D eigenvalue weighted by Crippen LogP contribution is 2.29. The lowest BCUT2D eigenvalue weighted by Gasteiger charge is -2.32. The summed E-state index contributed by atoms with van der Waals surface area (Å²) in [6.45, 7) is 7.11. The maximum atomic E-state index is 5.92. The van der Waals surface area contributed by atoms with Crippen LogP contribution < -0.4 is 15.4 Å². The van der Waals surface area contributed by atoms with E-state index in [0.717, 1.165) is 24.5 Å². The van der Waals surface area contributed by atoms with E-state index >= 15 is 0 Å². The highest BCUT2D eigenvalue weighted by atomic mass is 32.2. The van der Waals surface area contributed by atoms with Crippen LogP contribution in [0.2, 0.25) is 0 Å². The summed E-state index contributed by atoms with van der Waals surface area (Å²) in [5, 5.41) is 0.681. The minimum Gasteiger partial charge on any atom is -0.494 e. The van der Waals surface area contributed by atoms with E-state index in [1.807, 2.05) is 30.8 Å². The van der Waals surface area contributed by atoms with Gasteiger partial charge < -0.3 is 15.4 Å². The molecule has 1 atom stereocenters. The molecule has 0 aromatic heterocycles. The Morgan fingerprint density at radius 1 is 1.47 bits per heavy atom. The van der Waals surface area contributed by atoms with Crippen molar-refractivity contribution in [1.82, 2.24) is 0 Å². The molecule has 0 bridgehead atoms. The molecule has 1 saturated heterocycles. The van der Waals surface area contributed by atoms with Crippen LogP contribution in [0.3, 0.4) is 0 Å². The molecule has 1 heterocycles. The van der Waals surface area contributed by atoms with Crippen LogP contribution >= 0.6 is 11.8 Å². The Labute approximate surface area is 107 Å². The largest absolute Gasteiger partial charge is 0.494 e. The Hall–Kier alpha value is -1.03. The highest BCUT2D eigenvalue weighted by Gasteiger charge is 2.17. The first-order chi connectivity index (χ1) is 8.19. The number of hydrogen-bond donors (Lipinski definition) is 1. The van der Waals surface area contributed by atoms with Crippen molar-refractivity contribution in [2.45, 2.75) is 19.1 Å². The van der Waals surface area contributed by atoms with Crippen LogP contribution in [-0.4, -0.2) is 30.7 Å². The van der Waals surface area contributed by atoms with Gasteiger partial charge in [0, 0.05) is 47.6 Å². The van der Waals surface area contributed by atoms with Gasteiger partial charge in [0.05, 0.1) is 6.61 Å². The summed E-state index contributed by atoms with van der Waals surface area (Å²) >= 11 is 2.03. The van der Waals surface area contributed by atoms with E-state index in [0.29, 0.717) is 11.9 Å². The van der Waals surface area contributed by atoms with Crippen molar-refractivity contribution in [1.29, 1.82) is 0 Å². The zero-order valence-electron chi connectivity index (χ0n) is 10.5. The van der Waals surface area contributed by atoms with E-state index in [1.165, 1.54) is 11.4 Å². The average Bonchev–Trinajstić information content (AvgIpc) is 2.28. The number of benzene rings is 1. The van der Waals surface area contributed by atoms with Crippen molar-refractivity contribution in [3.8, 4) is 5.75 Å². The summed E-state index contributed by atoms with van der Waals surface area (Å²) in [7, 11) is 0. The first kappa shape index (κ1) is 12.4. The van der Waals surface area contributed by atoms with Crippen molar-refractivity contribution in [2.24, 2.45) is 0 Å². The maximum Gasteiger partial charge on any atom is 0.123 e. The lowest BCUT2D eigenvalue weighted by molar-refractivity contribution is 0.340. The first-order valence-corrected chi connectivity index (χ1v) is 7.14. The lowest BCUT2D eigenvalue weighted by atomic mass is 10.2. The van der Waals surface area contributed by atoms with Crippen molar-refractivity contribution >= 4 is 23.1 Å². The fourth-order valence-corrected chi connectivity index (χ4v) is 3.10. The highest BCUT2D eigenvalue weighted by molar-refractivity contribution is 8.00. The van der Waals surface area contributed by atoms with Crippen LogP contribution in [-0.2, 0) is 0 Å². The van der Waals surface area contributed by atoms with Crippen LogP contribution in [0.15, 0.2) is 18.2 Å². The molecule has 1 unspecified atom stereocenters. The summed E-state index contributed by atoms with van der Waals surface area (Å²) in [4.78, 5) is 2.39. The molecule has 0 spiro atoms. The van der Waals surface area contributed by atoms with Crippen molar-refractivity contribution in [3.63, 3.8) is 0 Å². The van der Waals surface area contributed by atoms with Gasteiger partial charge in [0.1, 0.15) is 5.75 Å². The van der Waals surface area contributed by atoms with Crippen LogP contribution in [0.4, 0.5) is 11.4 Å². The molecule has 0 saturated carbocycles. The van der Waals surface area contributed by atoms with E-state index in [4.69, 9.17) is 10.5 Å². The molecule has 4 heteroatoms. The summed E-state index contributed by atoms with van der Waals surface area (Å²) in [5.41, 5.74) is 7.88. The number of nitrogen functional groups attached to an aromatic ring is 1. The summed E-state index contributed by atoms with van der Waals surface area (Å²) in [6, 6.07) is 6.00. The van der Waals surface area contributed by atoms with Gasteiger partial charge in [-0.05, 0) is 13.0 Å². The van der Waals surface area contributed by atoms with Crippen molar-refractivity contribution < 1.29 is 4.74 Å². The van der Waals surface area contributed by atoms with Crippen LogP contribution in [0.25, 0.3) is 0 Å². The number of thioether (sulfide) groups is 1. The second kappa shape index (κ2) is 5.54. The number of anilines is 2. The number of rotatable bonds is 3. The molecule has 1 aromatic carbocycles. The fourth-order valence-electron chi connectivity index (χ4n) is 2.09. The molecule has 0 radical (unpaired) electrons. The van der Waals surface area contributed by atoms with Crippen LogP contribution in [0.5, 0.6) is 5.75 Å². The molecule has 2 rings (SSSR count). The number of hydrogen-bond acceptors (Lipinski definition) is 4. The Morgan fingerprint density at radius 2 is 2.29 bits per heavy atom. The van der Waals surface area contributed by atoms with Gasteiger partial charge >= 0.3 is 0 Å². The summed E-state index contributed by atoms with van der Waals surface area (Å²) in [5.74, 6) is 2.05. The molecular formula is C13H20N2OS. The molecule has 1 aromatic rings. The second-order valence-electron chi connectivity index (χ2n) is 4.32. The van der Waals surface area contributed by atoms with Crippen molar-refractivity contribution in [3.05, 3.63) is 18.2 Å². The van der Waals surface area contributed by atoms with Gasteiger partial charge in [-0.2, -0.15) is 11.8 Å². The molecule has 17 heavy (non-hydrogen) atoms. The molecule has 1 fully saturated rings. The predicted molar refractivity (Wildman–Crippen MR) is 76.2 cm³/mol. The quantitative estimate of drug-likeness (QED) is 0.839. The topological polar surface area (TPSA) is 38.5 Å². The Balaban J connectivity index is 2.18. The molecule has 1 aliphatic rings. The van der Waals surface area contributed by atoms with Gasteiger partial charge in [0.2, 0.25) is 0 Å². The molecular weight excluding hydrogens is 232 g/mol. The van der Waals surface area contributed by atoms with Crippen molar-refractivity contribution in [2.75, 3.05) is 36.1 Å². The van der Waals surface area contributed by atoms with E-state index in [-0.39, 0.29) is 0 Å². The molecule has 2 N–H and O–H groups in total. The Bertz CT molecular complexity index is 384. The number of nitrogens with two attached hydrogens (primary N) is 1. The van der Waals surface area contributed by atoms with Gasteiger partial charge in [0.25, 0.3) is 0 Å². The minimum absolute atomic E-state index is 0.676. The third kappa shape index (κ3) is 3.22. The van der Waals surface area contributed by atoms with Gasteiger partial charge in [-0.3, -0.25) is 0 Å². The Kier molecular flexibility index (Phi) is 4.05. The zero-order valence-corrected chi connectivity index (χ0v) is 11.3. The van der Waals surface area contributed by atoms with Gasteiger partial charge in [-0.1, -0.05) is 6.92 Å². The maximum absolute atomic E-state index is 5.92. The van der Waals surface area contributed by atoms with Crippen LogP contribution in [0, 0.1) is 0 Å². The van der Waals surface area contributed by atoms with Gasteiger partial charge in [0.15, 0.2) is 0 Å². The van der Waals surface area contributed by atoms with E-state index in [9.17, 15) is 0 Å². The number of ether oxygens (including phenoxy) is 1. The van der Waals surface area contributed by atoms with E-state index in [1.54, 1.807) is 0 Å². The molecule has 1 aliphatic heterocycles. The lowest BCUT2D eigenvalue weighted by Crippen LogP contribution is -2.36. The monoisotopic (exact) mass is 252 g/mol. The SMILES string of the molecule is CCOc1cc(N)cc(N2CCSC(C)C2)c1. The van der Waals surface area contributed by atoms with Crippen LogP contribution in [0.1, 0.15) is 13.8 Å². The molecule has 0 amide bonds. The van der Waals surface area contributed by atoms with E-state index < -0.39 is 0 Å². The normalized spacial score (nSPS) is 20.4. The molecule has 0 aliphatic carbocycles. The standard InChI is InChI=1S/C13H20N2OS/c1-3-16-13-7-11(14)6-12(8-13)15-4-5-17-10(2)9-15/h6-8,10H,3-5,9,14H2,1-2H3. The molecule has 3 nitrogen and oxygen atoms in total. The third-order valence-electron chi connectivity index (χ3n) is 2.83. The first-order valence-electron chi connectivity index (χ1n) is 6.09. The molecule has 94 valence electrons.